The van der Waals surface area contributed by atoms with Crippen molar-refractivity contribution in [3.05, 3.63) is 24.0 Å². The minimum absolute atomic E-state index is 0.0918. The summed E-state index contributed by atoms with van der Waals surface area (Å²) < 4.78 is 6.40. The largest absolute Gasteiger partial charge is 0.505 e. The number of fused-ring (bicyclic) bond motifs is 1. The predicted molar refractivity (Wildman–Crippen MR) is 105 cm³/mol. The maximum atomic E-state index is 12.9. The average Bonchev–Trinajstić information content (AvgIpc) is 3.46. The number of hydrogen-bond donors (Lipinski definition) is 2. The van der Waals surface area contributed by atoms with Crippen LogP contribution in [0.15, 0.2) is 18.3 Å². The molecule has 7 heteroatoms. The van der Waals surface area contributed by atoms with Gasteiger partial charge in [-0.15, -0.1) is 0 Å². The highest BCUT2D eigenvalue weighted by molar-refractivity contribution is 5.95. The van der Waals surface area contributed by atoms with Crippen molar-refractivity contribution in [2.24, 2.45) is 17.3 Å². The van der Waals surface area contributed by atoms with Crippen LogP contribution in [0.4, 0.5) is 0 Å². The Labute approximate surface area is 170 Å². The lowest BCUT2D eigenvalue weighted by atomic mass is 9.73. The summed E-state index contributed by atoms with van der Waals surface area (Å²) in [4.78, 5) is 31.5. The minimum atomic E-state index is -0.308. The number of aromatic hydroxyl groups is 1. The first kappa shape index (κ1) is 18.9. The topological polar surface area (TPSA) is 91.8 Å². The molecule has 4 fully saturated rings. The average molecular weight is 399 g/mol. The fourth-order valence-corrected chi connectivity index (χ4v) is 6.14. The van der Waals surface area contributed by atoms with Crippen LogP contribution < -0.4 is 5.32 Å². The highest BCUT2D eigenvalue weighted by Crippen LogP contribution is 2.55. The van der Waals surface area contributed by atoms with Crippen molar-refractivity contribution in [2.75, 3.05) is 19.6 Å². The summed E-state index contributed by atoms with van der Waals surface area (Å²) in [7, 11) is 0. The first-order valence-corrected chi connectivity index (χ1v) is 10.8. The Morgan fingerprint density at radius 2 is 2.14 bits per heavy atom. The standard InChI is InChI=1S/C22H29N3O4/c1-21(7-2-3-8-21)20(28)24-11-14-15-12-25(13-22(15)9-6-17(14)29-22)19(27)18-16(26)5-4-10-23-18/h4-5,10,14-15,17,26H,2-3,6-9,11-13H2,1H3,(H,24,28)/t14-,15+,17+,22+/m0/s1. The predicted octanol–water partition coefficient (Wildman–Crippen LogP) is 2.10. The normalized spacial score (nSPS) is 34.4. The van der Waals surface area contributed by atoms with Crippen molar-refractivity contribution >= 4 is 11.8 Å². The quantitative estimate of drug-likeness (QED) is 0.809. The van der Waals surface area contributed by atoms with Crippen LogP contribution in [0.2, 0.25) is 0 Å². The molecule has 29 heavy (non-hydrogen) atoms. The number of carbonyl (C=O) groups is 2. The van der Waals surface area contributed by atoms with Gasteiger partial charge in [-0.3, -0.25) is 9.59 Å². The van der Waals surface area contributed by atoms with Crippen molar-refractivity contribution in [2.45, 2.75) is 57.2 Å². The number of nitrogens with one attached hydrogen (secondary N) is 1. The van der Waals surface area contributed by atoms with Crippen molar-refractivity contribution in [3.63, 3.8) is 0 Å². The lowest BCUT2D eigenvalue weighted by Crippen LogP contribution is -2.45. The van der Waals surface area contributed by atoms with Gasteiger partial charge in [0.1, 0.15) is 5.75 Å². The van der Waals surface area contributed by atoms with Gasteiger partial charge in [0.15, 0.2) is 5.69 Å². The van der Waals surface area contributed by atoms with Gasteiger partial charge in [0, 0.05) is 36.5 Å². The van der Waals surface area contributed by atoms with Crippen molar-refractivity contribution in [3.8, 4) is 5.75 Å². The van der Waals surface area contributed by atoms with Crippen LogP contribution in [-0.4, -0.2) is 58.1 Å². The second-order valence-electron chi connectivity index (χ2n) is 9.56. The van der Waals surface area contributed by atoms with Crippen LogP contribution >= 0.6 is 0 Å². The Morgan fingerprint density at radius 3 is 2.90 bits per heavy atom. The molecule has 1 spiro atoms. The molecule has 0 aromatic carbocycles. The number of ether oxygens (including phenoxy) is 1. The number of rotatable bonds is 4. The zero-order chi connectivity index (χ0) is 20.2. The first-order chi connectivity index (χ1) is 13.9. The van der Waals surface area contributed by atoms with Crippen molar-refractivity contribution in [1.29, 1.82) is 0 Å². The summed E-state index contributed by atoms with van der Waals surface area (Å²) in [6.45, 7) is 3.81. The third-order valence-electron chi connectivity index (χ3n) is 7.81. The van der Waals surface area contributed by atoms with E-state index in [2.05, 4.69) is 17.2 Å². The van der Waals surface area contributed by atoms with Crippen LogP contribution in [0.5, 0.6) is 5.75 Å². The summed E-state index contributed by atoms with van der Waals surface area (Å²) >= 11 is 0. The molecule has 4 aliphatic rings. The molecule has 0 radical (unpaired) electrons. The molecule has 4 atom stereocenters. The minimum Gasteiger partial charge on any atom is -0.505 e. The molecule has 2 bridgehead atoms. The Morgan fingerprint density at radius 1 is 1.34 bits per heavy atom. The molecule has 2 amide bonds. The van der Waals surface area contributed by atoms with E-state index in [1.165, 1.54) is 12.3 Å². The summed E-state index contributed by atoms with van der Waals surface area (Å²) in [6.07, 6.45) is 7.79. The van der Waals surface area contributed by atoms with Gasteiger partial charge in [0.25, 0.3) is 5.91 Å². The number of pyridine rings is 1. The van der Waals surface area contributed by atoms with E-state index in [1.807, 2.05) is 0 Å². The second-order valence-corrected chi connectivity index (χ2v) is 9.56. The van der Waals surface area contributed by atoms with Crippen LogP contribution in [0.25, 0.3) is 0 Å². The van der Waals surface area contributed by atoms with E-state index >= 15 is 0 Å². The molecular weight excluding hydrogens is 370 g/mol. The van der Waals surface area contributed by atoms with Gasteiger partial charge in [-0.05, 0) is 37.8 Å². The fourth-order valence-electron chi connectivity index (χ4n) is 6.14. The zero-order valence-corrected chi connectivity index (χ0v) is 16.9. The Kier molecular flexibility index (Phi) is 4.35. The lowest BCUT2D eigenvalue weighted by molar-refractivity contribution is -0.130. The first-order valence-electron chi connectivity index (χ1n) is 10.8. The summed E-state index contributed by atoms with van der Waals surface area (Å²) in [5, 5.41) is 13.2. The van der Waals surface area contributed by atoms with Gasteiger partial charge in [0.2, 0.25) is 5.91 Å². The summed E-state index contributed by atoms with van der Waals surface area (Å²) in [5.74, 6) is 0.266. The zero-order valence-electron chi connectivity index (χ0n) is 16.9. The Balaban J connectivity index is 1.28. The summed E-state index contributed by atoms with van der Waals surface area (Å²) in [6, 6.07) is 3.09. The lowest BCUT2D eigenvalue weighted by Gasteiger charge is -2.30. The van der Waals surface area contributed by atoms with Gasteiger partial charge in [0.05, 0.1) is 18.2 Å². The second kappa shape index (κ2) is 6.69. The van der Waals surface area contributed by atoms with Crippen molar-refractivity contribution < 1.29 is 19.4 Å². The van der Waals surface area contributed by atoms with Crippen molar-refractivity contribution in [1.82, 2.24) is 15.2 Å². The van der Waals surface area contributed by atoms with E-state index < -0.39 is 0 Å². The molecule has 5 rings (SSSR count). The molecule has 1 aromatic rings. The smallest absolute Gasteiger partial charge is 0.276 e. The SMILES string of the molecule is CC1(C(=O)NC[C@H]2[C@H]3CN(C(=O)c4ncccc4O)C[C@]34CC[C@H]2O4)CCCC1. The maximum absolute atomic E-state index is 12.9. The Hall–Kier alpha value is -2.15. The van der Waals surface area contributed by atoms with Crippen LogP contribution in [0.3, 0.4) is 0 Å². The third kappa shape index (κ3) is 2.93. The Bertz CT molecular complexity index is 837. The molecule has 4 heterocycles. The van der Waals surface area contributed by atoms with E-state index in [-0.39, 0.29) is 52.2 Å². The van der Waals surface area contributed by atoms with E-state index in [9.17, 15) is 14.7 Å². The van der Waals surface area contributed by atoms with Gasteiger partial charge in [-0.2, -0.15) is 0 Å². The van der Waals surface area contributed by atoms with Crippen LogP contribution in [0.1, 0.15) is 55.9 Å². The molecule has 1 saturated carbocycles. The molecule has 0 unspecified atom stereocenters. The molecule has 1 aliphatic carbocycles. The van der Waals surface area contributed by atoms with Crippen LogP contribution in [0, 0.1) is 17.3 Å². The summed E-state index contributed by atoms with van der Waals surface area (Å²) in [5.41, 5.74) is -0.445. The number of nitrogens with zero attached hydrogens (tertiary/aromatic N) is 2. The molecule has 2 N–H and O–H groups in total. The van der Waals surface area contributed by atoms with E-state index in [1.54, 1.807) is 11.0 Å². The molecule has 3 aliphatic heterocycles. The third-order valence-corrected chi connectivity index (χ3v) is 7.81. The molecule has 3 saturated heterocycles. The highest BCUT2D eigenvalue weighted by Gasteiger charge is 2.63. The van der Waals surface area contributed by atoms with E-state index in [0.29, 0.717) is 19.6 Å². The number of aromatic nitrogens is 1. The van der Waals surface area contributed by atoms with Gasteiger partial charge in [-0.25, -0.2) is 4.98 Å². The molecule has 7 nitrogen and oxygen atoms in total. The van der Waals surface area contributed by atoms with Gasteiger partial charge < -0.3 is 20.1 Å². The molecule has 156 valence electrons. The maximum Gasteiger partial charge on any atom is 0.276 e. The van der Waals surface area contributed by atoms with E-state index in [0.717, 1.165) is 38.5 Å². The highest BCUT2D eigenvalue weighted by atomic mass is 16.5. The molecule has 1 aromatic heterocycles. The number of hydrogen-bond acceptors (Lipinski definition) is 5. The van der Waals surface area contributed by atoms with E-state index in [4.69, 9.17) is 4.74 Å². The van der Waals surface area contributed by atoms with Crippen LogP contribution in [-0.2, 0) is 9.53 Å². The number of amides is 2. The molecular formula is C22H29N3O4. The number of carbonyl (C=O) groups excluding carboxylic acids is 2. The van der Waals surface area contributed by atoms with Gasteiger partial charge >= 0.3 is 0 Å². The number of likely N-dealkylation sites (tertiary alicyclic amines) is 1. The monoisotopic (exact) mass is 399 g/mol. The fraction of sp³-hybridized carbons (Fsp3) is 0.682. The van der Waals surface area contributed by atoms with Gasteiger partial charge in [-0.1, -0.05) is 19.8 Å².